The van der Waals surface area contributed by atoms with Crippen LogP contribution >= 0.6 is 0 Å². The Kier molecular flexibility index (Phi) is 4.27. The van der Waals surface area contributed by atoms with Crippen molar-refractivity contribution < 1.29 is 19.1 Å². The van der Waals surface area contributed by atoms with Crippen molar-refractivity contribution in [2.24, 2.45) is 0 Å². The van der Waals surface area contributed by atoms with Crippen molar-refractivity contribution in [1.82, 2.24) is 0 Å². The summed E-state index contributed by atoms with van der Waals surface area (Å²) in [6.07, 6.45) is 0. The van der Waals surface area contributed by atoms with E-state index in [4.69, 9.17) is 14.2 Å². The van der Waals surface area contributed by atoms with Crippen molar-refractivity contribution in [2.75, 3.05) is 21.3 Å². The van der Waals surface area contributed by atoms with Crippen LogP contribution in [0.3, 0.4) is 0 Å². The molecule has 6 heteroatoms. The third-order valence-electron chi connectivity index (χ3n) is 3.09. The molecule has 0 amide bonds. The van der Waals surface area contributed by atoms with Crippen molar-refractivity contribution in [3.63, 3.8) is 0 Å². The molecule has 0 radical (unpaired) electrons. The summed E-state index contributed by atoms with van der Waals surface area (Å²) >= 11 is 0. The molecule has 0 aliphatic rings. The van der Waals surface area contributed by atoms with Gasteiger partial charge in [0.2, 0.25) is 0 Å². The van der Waals surface area contributed by atoms with Crippen LogP contribution in [0.15, 0.2) is 36.4 Å². The van der Waals surface area contributed by atoms with Crippen LogP contribution in [0.4, 0.5) is 5.69 Å². The molecule has 0 aliphatic carbocycles. The molecule has 2 aromatic carbocycles. The first-order valence-electron chi connectivity index (χ1n) is 6.16. The Morgan fingerprint density at radius 3 is 1.95 bits per heavy atom. The van der Waals surface area contributed by atoms with E-state index < -0.39 is 4.92 Å². The zero-order valence-electron chi connectivity index (χ0n) is 12.0. The fraction of sp³-hybridized carbons (Fsp3) is 0.200. The number of benzene rings is 2. The van der Waals surface area contributed by atoms with Gasteiger partial charge in [0, 0.05) is 6.07 Å². The fourth-order valence-corrected chi connectivity index (χ4v) is 2.12. The highest BCUT2D eigenvalue weighted by molar-refractivity contribution is 5.79. The lowest BCUT2D eigenvalue weighted by atomic mass is 10.0. The van der Waals surface area contributed by atoms with Gasteiger partial charge in [0.1, 0.15) is 11.5 Å². The smallest absolute Gasteiger partial charge is 0.310 e. The van der Waals surface area contributed by atoms with Crippen molar-refractivity contribution in [3.8, 4) is 28.4 Å². The highest BCUT2D eigenvalue weighted by Crippen LogP contribution is 2.41. The molecule has 21 heavy (non-hydrogen) atoms. The fourth-order valence-electron chi connectivity index (χ4n) is 2.12. The van der Waals surface area contributed by atoms with E-state index >= 15 is 0 Å². The molecule has 0 fully saturated rings. The summed E-state index contributed by atoms with van der Waals surface area (Å²) in [6, 6.07) is 10.0. The lowest BCUT2D eigenvalue weighted by Crippen LogP contribution is -1.96. The number of rotatable bonds is 5. The van der Waals surface area contributed by atoms with Gasteiger partial charge in [-0.15, -0.1) is 0 Å². The van der Waals surface area contributed by atoms with E-state index in [1.807, 2.05) is 6.07 Å². The molecule has 0 spiro atoms. The molecule has 2 aromatic rings. The van der Waals surface area contributed by atoms with E-state index in [0.717, 1.165) is 5.56 Å². The van der Waals surface area contributed by atoms with E-state index in [1.165, 1.54) is 13.2 Å². The molecule has 0 saturated carbocycles. The van der Waals surface area contributed by atoms with Crippen molar-refractivity contribution >= 4 is 5.69 Å². The normalized spacial score (nSPS) is 10.0. The van der Waals surface area contributed by atoms with Gasteiger partial charge < -0.3 is 14.2 Å². The molecule has 0 unspecified atom stereocenters. The monoisotopic (exact) mass is 289 g/mol. The number of hydrogen-bond acceptors (Lipinski definition) is 5. The second kappa shape index (κ2) is 6.13. The van der Waals surface area contributed by atoms with Crippen LogP contribution < -0.4 is 14.2 Å². The number of methoxy groups -OCH3 is 3. The van der Waals surface area contributed by atoms with Gasteiger partial charge in [0.05, 0.1) is 31.8 Å². The van der Waals surface area contributed by atoms with Crippen LogP contribution in [-0.4, -0.2) is 26.3 Å². The molecule has 0 N–H and O–H groups in total. The van der Waals surface area contributed by atoms with E-state index in [-0.39, 0.29) is 11.4 Å². The molecule has 0 bridgehead atoms. The Balaban J connectivity index is 2.65. The second-order valence-corrected chi connectivity index (χ2v) is 4.18. The first-order valence-corrected chi connectivity index (χ1v) is 6.16. The average Bonchev–Trinajstić information content (AvgIpc) is 2.53. The maximum absolute atomic E-state index is 11.0. The van der Waals surface area contributed by atoms with Crippen LogP contribution in [0.1, 0.15) is 0 Å². The Morgan fingerprint density at radius 2 is 1.48 bits per heavy atom. The van der Waals surface area contributed by atoms with Gasteiger partial charge in [0.15, 0.2) is 5.75 Å². The first-order chi connectivity index (χ1) is 10.1. The van der Waals surface area contributed by atoms with Crippen LogP contribution in [0, 0.1) is 10.1 Å². The summed E-state index contributed by atoms with van der Waals surface area (Å²) in [5, 5.41) is 11.0. The summed E-state index contributed by atoms with van der Waals surface area (Å²) in [7, 11) is 4.51. The summed E-state index contributed by atoms with van der Waals surface area (Å²) in [5.41, 5.74) is 1.34. The first kappa shape index (κ1) is 14.6. The van der Waals surface area contributed by atoms with Gasteiger partial charge in [0.25, 0.3) is 0 Å². The Morgan fingerprint density at radius 1 is 0.905 bits per heavy atom. The SMILES string of the molecule is COc1cc(-c2c(OC)cccc2OC)ccc1[N+](=O)[O-]. The van der Waals surface area contributed by atoms with E-state index in [9.17, 15) is 10.1 Å². The van der Waals surface area contributed by atoms with E-state index in [0.29, 0.717) is 17.1 Å². The molecule has 0 atom stereocenters. The zero-order chi connectivity index (χ0) is 15.4. The van der Waals surface area contributed by atoms with Gasteiger partial charge in [-0.2, -0.15) is 0 Å². The lowest BCUT2D eigenvalue weighted by molar-refractivity contribution is -0.385. The van der Waals surface area contributed by atoms with Crippen LogP contribution in [-0.2, 0) is 0 Å². The minimum Gasteiger partial charge on any atom is -0.496 e. The number of nitro benzene ring substituents is 1. The highest BCUT2D eigenvalue weighted by Gasteiger charge is 2.19. The van der Waals surface area contributed by atoms with Crippen molar-refractivity contribution in [2.45, 2.75) is 0 Å². The molecule has 2 rings (SSSR count). The Hall–Kier alpha value is -2.76. The Bertz CT molecular complexity index is 647. The highest BCUT2D eigenvalue weighted by atomic mass is 16.6. The number of nitrogens with zero attached hydrogens (tertiary/aromatic N) is 1. The Labute approximate surface area is 122 Å². The molecule has 110 valence electrons. The number of nitro groups is 1. The van der Waals surface area contributed by atoms with Crippen molar-refractivity contribution in [1.29, 1.82) is 0 Å². The van der Waals surface area contributed by atoms with Gasteiger partial charge in [-0.1, -0.05) is 6.07 Å². The predicted octanol–water partition coefficient (Wildman–Crippen LogP) is 3.29. The third kappa shape index (κ3) is 2.74. The van der Waals surface area contributed by atoms with Crippen LogP contribution in [0.25, 0.3) is 11.1 Å². The molecule has 0 saturated heterocycles. The van der Waals surface area contributed by atoms with Gasteiger partial charge in [-0.05, 0) is 29.8 Å². The maximum atomic E-state index is 11.0. The summed E-state index contributed by atoms with van der Waals surface area (Å²) in [5.74, 6) is 1.42. The molecule has 0 aromatic heterocycles. The van der Waals surface area contributed by atoms with Crippen molar-refractivity contribution in [3.05, 3.63) is 46.5 Å². The molecular formula is C15H15NO5. The molecule has 0 heterocycles. The van der Waals surface area contributed by atoms with E-state index in [2.05, 4.69) is 0 Å². The van der Waals surface area contributed by atoms with Gasteiger partial charge in [-0.3, -0.25) is 10.1 Å². The predicted molar refractivity (Wildman–Crippen MR) is 78.2 cm³/mol. The third-order valence-corrected chi connectivity index (χ3v) is 3.09. The largest absolute Gasteiger partial charge is 0.496 e. The summed E-state index contributed by atoms with van der Waals surface area (Å²) < 4.78 is 15.8. The minimum atomic E-state index is -0.484. The standard InChI is InChI=1S/C15H15NO5/c1-19-12-5-4-6-13(20-2)15(12)10-7-8-11(16(17)18)14(9-10)21-3/h4-9H,1-3H3. The topological polar surface area (TPSA) is 70.8 Å². The summed E-state index contributed by atoms with van der Waals surface area (Å²) in [6.45, 7) is 0. The van der Waals surface area contributed by atoms with Gasteiger partial charge >= 0.3 is 5.69 Å². The molecule has 6 nitrogen and oxygen atoms in total. The number of hydrogen-bond donors (Lipinski definition) is 0. The minimum absolute atomic E-state index is 0.0879. The number of ether oxygens (including phenoxy) is 3. The van der Waals surface area contributed by atoms with Gasteiger partial charge in [-0.25, -0.2) is 0 Å². The average molecular weight is 289 g/mol. The van der Waals surface area contributed by atoms with Crippen LogP contribution in [0.2, 0.25) is 0 Å². The van der Waals surface area contributed by atoms with E-state index in [1.54, 1.807) is 38.5 Å². The maximum Gasteiger partial charge on any atom is 0.310 e. The lowest BCUT2D eigenvalue weighted by Gasteiger charge is -2.13. The molecule has 0 aliphatic heterocycles. The second-order valence-electron chi connectivity index (χ2n) is 4.18. The van der Waals surface area contributed by atoms with Crippen LogP contribution in [0.5, 0.6) is 17.2 Å². The summed E-state index contributed by atoms with van der Waals surface area (Å²) in [4.78, 5) is 10.5. The zero-order valence-corrected chi connectivity index (χ0v) is 12.0. The quantitative estimate of drug-likeness (QED) is 0.624. The molecular weight excluding hydrogens is 274 g/mol.